The van der Waals surface area contributed by atoms with Crippen LogP contribution in [0, 0.1) is 0 Å². The summed E-state index contributed by atoms with van der Waals surface area (Å²) in [5.74, 6) is 2.02. The van der Waals surface area contributed by atoms with Crippen molar-refractivity contribution in [2.75, 3.05) is 26.3 Å². The highest BCUT2D eigenvalue weighted by Gasteiger charge is 2.30. The van der Waals surface area contributed by atoms with Gasteiger partial charge in [-0.1, -0.05) is 6.07 Å². The number of hydrogen-bond acceptors (Lipinski definition) is 10. The van der Waals surface area contributed by atoms with Crippen molar-refractivity contribution in [2.45, 2.75) is 35.6 Å². The molecule has 0 radical (unpaired) electrons. The van der Waals surface area contributed by atoms with Gasteiger partial charge in [-0.2, -0.15) is 0 Å². The Kier molecular flexibility index (Phi) is 5.04. The molecule has 4 aromatic rings. The predicted octanol–water partition coefficient (Wildman–Crippen LogP) is 4.66. The van der Waals surface area contributed by atoms with Crippen LogP contribution in [0.3, 0.4) is 0 Å². The van der Waals surface area contributed by atoms with Crippen LogP contribution < -0.4 is 0 Å². The van der Waals surface area contributed by atoms with E-state index >= 15 is 0 Å². The number of ether oxygens (including phenoxy) is 1. The molecule has 1 saturated heterocycles. The minimum absolute atomic E-state index is 0.442. The summed E-state index contributed by atoms with van der Waals surface area (Å²) in [6, 6.07) is 4.21. The molecule has 5 heterocycles. The second kappa shape index (κ2) is 8.01. The van der Waals surface area contributed by atoms with Crippen LogP contribution in [-0.4, -0.2) is 51.4 Å². The summed E-state index contributed by atoms with van der Waals surface area (Å²) < 4.78 is 11.4. The molecular formula is C20H19N5O2S3. The Morgan fingerprint density at radius 3 is 2.83 bits per heavy atom. The maximum absolute atomic E-state index is 5.92. The van der Waals surface area contributed by atoms with Crippen LogP contribution in [-0.2, 0) is 11.3 Å². The van der Waals surface area contributed by atoms with Crippen molar-refractivity contribution in [1.29, 1.82) is 0 Å². The zero-order valence-electron chi connectivity index (χ0n) is 16.1. The van der Waals surface area contributed by atoms with Crippen molar-refractivity contribution in [2.24, 2.45) is 0 Å². The third kappa shape index (κ3) is 3.78. The van der Waals surface area contributed by atoms with Crippen LogP contribution in [0.2, 0.25) is 0 Å². The Balaban J connectivity index is 1.39. The van der Waals surface area contributed by atoms with E-state index in [-0.39, 0.29) is 0 Å². The topological polar surface area (TPSA) is 77.2 Å². The predicted molar refractivity (Wildman–Crippen MR) is 117 cm³/mol. The fourth-order valence-corrected chi connectivity index (χ4v) is 6.19. The molecule has 1 aliphatic heterocycles. The number of nitrogens with zero attached hydrogens (tertiary/aromatic N) is 5. The molecule has 0 unspecified atom stereocenters. The Morgan fingerprint density at radius 1 is 1.13 bits per heavy atom. The molecule has 154 valence electrons. The van der Waals surface area contributed by atoms with Crippen molar-refractivity contribution in [3.8, 4) is 10.4 Å². The van der Waals surface area contributed by atoms with Crippen molar-refractivity contribution >= 4 is 44.7 Å². The van der Waals surface area contributed by atoms with Gasteiger partial charge in [0, 0.05) is 34.8 Å². The fraction of sp³-hybridized carbons (Fsp3) is 0.400. The summed E-state index contributed by atoms with van der Waals surface area (Å²) in [6.07, 6.45) is 2.28. The summed E-state index contributed by atoms with van der Waals surface area (Å²) in [7, 11) is 0. The smallest absolute Gasteiger partial charge is 0.282 e. The minimum Gasteiger partial charge on any atom is -0.415 e. The van der Waals surface area contributed by atoms with E-state index in [0.29, 0.717) is 11.1 Å². The highest BCUT2D eigenvalue weighted by atomic mass is 32.2. The van der Waals surface area contributed by atoms with Crippen molar-refractivity contribution in [3.05, 3.63) is 34.6 Å². The van der Waals surface area contributed by atoms with E-state index in [4.69, 9.17) is 19.1 Å². The highest BCUT2D eigenvalue weighted by Crippen LogP contribution is 2.43. The number of hydrogen-bond donors (Lipinski definition) is 0. The first-order chi connectivity index (χ1) is 14.8. The maximum Gasteiger partial charge on any atom is 0.282 e. The van der Waals surface area contributed by atoms with Crippen LogP contribution in [0.5, 0.6) is 0 Å². The van der Waals surface area contributed by atoms with E-state index < -0.39 is 0 Å². The van der Waals surface area contributed by atoms with Crippen molar-refractivity contribution < 1.29 is 9.15 Å². The average Bonchev–Trinajstić information content (AvgIpc) is 3.15. The van der Waals surface area contributed by atoms with E-state index in [2.05, 4.69) is 38.0 Å². The lowest BCUT2D eigenvalue weighted by atomic mass is 10.2. The quantitative estimate of drug-likeness (QED) is 0.387. The molecule has 1 saturated carbocycles. The lowest BCUT2D eigenvalue weighted by Gasteiger charge is -2.25. The molecule has 0 amide bonds. The summed E-state index contributed by atoms with van der Waals surface area (Å²) >= 11 is 4.85. The van der Waals surface area contributed by atoms with Gasteiger partial charge in [-0.3, -0.25) is 4.90 Å². The van der Waals surface area contributed by atoms with Gasteiger partial charge in [0.25, 0.3) is 5.22 Å². The fourth-order valence-electron chi connectivity index (χ4n) is 3.51. The Labute approximate surface area is 185 Å². The third-order valence-corrected chi connectivity index (χ3v) is 7.84. The minimum atomic E-state index is 0.442. The van der Waals surface area contributed by atoms with Gasteiger partial charge in [-0.05, 0) is 36.0 Å². The van der Waals surface area contributed by atoms with Gasteiger partial charge >= 0.3 is 0 Å². The number of morpholine rings is 1. The molecule has 2 fully saturated rings. The van der Waals surface area contributed by atoms with Crippen LogP contribution in [0.4, 0.5) is 0 Å². The van der Waals surface area contributed by atoms with E-state index in [1.165, 1.54) is 22.2 Å². The molecule has 0 aromatic carbocycles. The van der Waals surface area contributed by atoms with Crippen LogP contribution in [0.15, 0.2) is 37.6 Å². The van der Waals surface area contributed by atoms with Crippen LogP contribution in [0.1, 0.15) is 30.5 Å². The van der Waals surface area contributed by atoms with Gasteiger partial charge in [0.15, 0.2) is 0 Å². The number of rotatable bonds is 6. The molecule has 2 aliphatic rings. The standard InChI is InChI=1S/C20H19N5O2S3/c1-2-14(28-9-1)13-11-29-18-16(13)19(30-20-24-23-17(27-20)12-3-4-12)22-15(21-18)10-25-5-7-26-8-6-25/h1-2,9,11-12H,3-8,10H2. The van der Waals surface area contributed by atoms with E-state index in [9.17, 15) is 0 Å². The molecule has 4 aromatic heterocycles. The molecular weight excluding hydrogens is 438 g/mol. The van der Waals surface area contributed by atoms with Crippen molar-refractivity contribution in [1.82, 2.24) is 25.1 Å². The Hall–Kier alpha value is -1.85. The number of fused-ring (bicyclic) bond motifs is 1. The molecule has 10 heteroatoms. The number of thiophene rings is 2. The van der Waals surface area contributed by atoms with Gasteiger partial charge in [-0.15, -0.1) is 32.9 Å². The lowest BCUT2D eigenvalue weighted by Crippen LogP contribution is -2.36. The largest absolute Gasteiger partial charge is 0.415 e. The van der Waals surface area contributed by atoms with Crippen LogP contribution in [0.25, 0.3) is 20.7 Å². The molecule has 0 bridgehead atoms. The first kappa shape index (κ1) is 18.9. The second-order valence-corrected chi connectivity index (χ2v) is 10.2. The third-order valence-electron chi connectivity index (χ3n) is 5.23. The van der Waals surface area contributed by atoms with Gasteiger partial charge in [0.2, 0.25) is 5.89 Å². The summed E-state index contributed by atoms with van der Waals surface area (Å²) in [4.78, 5) is 14.4. The molecule has 6 rings (SSSR count). The maximum atomic E-state index is 5.92. The van der Waals surface area contributed by atoms with Gasteiger partial charge in [0.05, 0.1) is 25.1 Å². The van der Waals surface area contributed by atoms with E-state index in [1.54, 1.807) is 22.7 Å². The first-order valence-electron chi connectivity index (χ1n) is 9.97. The summed E-state index contributed by atoms with van der Waals surface area (Å²) in [6.45, 7) is 4.05. The molecule has 0 atom stereocenters. The second-order valence-electron chi connectivity index (χ2n) is 7.42. The molecule has 1 aliphatic carbocycles. The molecule has 7 nitrogen and oxygen atoms in total. The summed E-state index contributed by atoms with van der Waals surface area (Å²) in [5, 5.41) is 15.3. The van der Waals surface area contributed by atoms with Crippen LogP contribution >= 0.6 is 34.4 Å². The zero-order chi connectivity index (χ0) is 19.9. The van der Waals surface area contributed by atoms with Gasteiger partial charge < -0.3 is 9.15 Å². The zero-order valence-corrected chi connectivity index (χ0v) is 18.6. The normalized spacial score (nSPS) is 17.7. The highest BCUT2D eigenvalue weighted by molar-refractivity contribution is 7.99. The Bertz CT molecular complexity index is 1160. The molecule has 30 heavy (non-hydrogen) atoms. The van der Waals surface area contributed by atoms with Crippen molar-refractivity contribution in [3.63, 3.8) is 0 Å². The van der Waals surface area contributed by atoms with Gasteiger partial charge in [0.1, 0.15) is 15.7 Å². The molecule has 0 N–H and O–H groups in total. The molecule has 0 spiro atoms. The first-order valence-corrected chi connectivity index (χ1v) is 12.5. The number of aromatic nitrogens is 4. The van der Waals surface area contributed by atoms with Gasteiger partial charge in [-0.25, -0.2) is 9.97 Å². The lowest BCUT2D eigenvalue weighted by molar-refractivity contribution is 0.0330. The average molecular weight is 458 g/mol. The Morgan fingerprint density at radius 2 is 2.03 bits per heavy atom. The van der Waals surface area contributed by atoms with E-state index in [1.807, 2.05) is 0 Å². The monoisotopic (exact) mass is 457 g/mol. The SMILES string of the molecule is c1csc(-c2csc3nc(CN4CCOCC4)nc(Sc4nnc(C5CC5)o4)c23)c1. The van der Waals surface area contributed by atoms with E-state index in [0.717, 1.165) is 72.6 Å². The summed E-state index contributed by atoms with van der Waals surface area (Å²) in [5.41, 5.74) is 1.17.